The number of nitriles is 1. The lowest BCUT2D eigenvalue weighted by molar-refractivity contribution is -0.0254. The fourth-order valence-corrected chi connectivity index (χ4v) is 3.28. The number of aliphatic hydroxyl groups is 1. The Morgan fingerprint density at radius 1 is 1.40 bits per heavy atom. The molecule has 136 valence electrons. The molecule has 2 saturated heterocycles. The van der Waals surface area contributed by atoms with Crippen LogP contribution < -0.4 is 4.90 Å². The minimum absolute atomic E-state index is 0.201. The molecule has 2 atom stereocenters. The molecule has 0 aromatic carbocycles. The van der Waals surface area contributed by atoms with Gasteiger partial charge in [0.25, 0.3) is 0 Å². The summed E-state index contributed by atoms with van der Waals surface area (Å²) in [6.07, 6.45) is 3.56. The van der Waals surface area contributed by atoms with Gasteiger partial charge in [-0.15, -0.1) is 0 Å². The quantitative estimate of drug-likeness (QED) is 0.775. The molecule has 7 heteroatoms. The Morgan fingerprint density at radius 3 is 2.96 bits per heavy atom. The first-order valence-corrected chi connectivity index (χ1v) is 8.95. The van der Waals surface area contributed by atoms with Crippen molar-refractivity contribution in [3.63, 3.8) is 0 Å². The molecular weight excluding hydrogens is 320 g/mol. The Hall–Kier alpha value is -1.72. The maximum Gasteiger partial charge on any atom is 0.129 e. The predicted molar refractivity (Wildman–Crippen MR) is 93.4 cm³/mol. The van der Waals surface area contributed by atoms with Crippen LogP contribution in [0, 0.1) is 11.3 Å². The van der Waals surface area contributed by atoms with E-state index in [1.807, 2.05) is 6.07 Å². The maximum absolute atomic E-state index is 10.2. The third-order valence-electron chi connectivity index (χ3n) is 4.68. The summed E-state index contributed by atoms with van der Waals surface area (Å²) in [5.41, 5.74) is 0.631. The number of nitrogens with zero attached hydrogens (tertiary/aromatic N) is 4. The van der Waals surface area contributed by atoms with Gasteiger partial charge >= 0.3 is 0 Å². The third-order valence-corrected chi connectivity index (χ3v) is 4.68. The summed E-state index contributed by atoms with van der Waals surface area (Å²) in [4.78, 5) is 8.77. The third kappa shape index (κ3) is 5.38. The maximum atomic E-state index is 10.2. The zero-order valence-electron chi connectivity index (χ0n) is 14.5. The first kappa shape index (κ1) is 18.1. The lowest BCUT2D eigenvalue weighted by Gasteiger charge is -2.36. The standard InChI is InChI=1S/C18H26N4O3/c19-11-15-3-4-20-18(10-15)22-7-5-21(6-8-22)12-16(23)13-24-14-17-2-1-9-25-17/h3-4,10,16-17,23H,1-2,5-9,12-14H2/t16-,17+/m1/s1. The van der Waals surface area contributed by atoms with Crippen molar-refractivity contribution >= 4 is 5.82 Å². The second-order valence-corrected chi connectivity index (χ2v) is 6.63. The molecule has 0 aliphatic carbocycles. The molecular formula is C18H26N4O3. The van der Waals surface area contributed by atoms with E-state index in [1.165, 1.54) is 0 Å². The predicted octanol–water partition coefficient (Wildman–Crippen LogP) is 0.632. The molecule has 3 heterocycles. The van der Waals surface area contributed by atoms with Gasteiger partial charge in [0.05, 0.1) is 37.1 Å². The van der Waals surface area contributed by atoms with Gasteiger partial charge in [0.15, 0.2) is 0 Å². The summed E-state index contributed by atoms with van der Waals surface area (Å²) in [7, 11) is 0. The summed E-state index contributed by atoms with van der Waals surface area (Å²) in [5.74, 6) is 0.846. The van der Waals surface area contributed by atoms with E-state index in [0.717, 1.165) is 51.4 Å². The number of piperazine rings is 1. The number of β-amino-alcohol motifs (C(OH)–C–C–N with tert-alkyl or cyclic N) is 1. The number of rotatable bonds is 7. The SMILES string of the molecule is N#Cc1ccnc(N2CCN(C[C@@H](O)COC[C@@H]3CCCO3)CC2)c1. The second-order valence-electron chi connectivity index (χ2n) is 6.63. The van der Waals surface area contributed by atoms with E-state index < -0.39 is 6.10 Å². The number of anilines is 1. The summed E-state index contributed by atoms with van der Waals surface area (Å²) < 4.78 is 11.1. The summed E-state index contributed by atoms with van der Waals surface area (Å²) in [6, 6.07) is 5.69. The highest BCUT2D eigenvalue weighted by molar-refractivity contribution is 5.45. The van der Waals surface area contributed by atoms with Crippen molar-refractivity contribution in [3.05, 3.63) is 23.9 Å². The molecule has 1 aromatic rings. The van der Waals surface area contributed by atoms with Crippen LogP contribution in [0.3, 0.4) is 0 Å². The zero-order valence-corrected chi connectivity index (χ0v) is 14.5. The van der Waals surface area contributed by atoms with Gasteiger partial charge in [-0.3, -0.25) is 4.90 Å². The van der Waals surface area contributed by atoms with Gasteiger partial charge in [-0.2, -0.15) is 5.26 Å². The van der Waals surface area contributed by atoms with E-state index in [-0.39, 0.29) is 6.10 Å². The molecule has 0 saturated carbocycles. The van der Waals surface area contributed by atoms with Crippen LogP contribution in [-0.2, 0) is 9.47 Å². The van der Waals surface area contributed by atoms with Crippen molar-refractivity contribution < 1.29 is 14.6 Å². The van der Waals surface area contributed by atoms with Gasteiger partial charge in [0, 0.05) is 45.5 Å². The molecule has 3 rings (SSSR count). The summed E-state index contributed by atoms with van der Waals surface area (Å²) in [5, 5.41) is 19.1. The van der Waals surface area contributed by atoms with E-state index in [1.54, 1.807) is 12.3 Å². The van der Waals surface area contributed by atoms with Gasteiger partial charge in [-0.1, -0.05) is 0 Å². The molecule has 2 aliphatic heterocycles. The minimum atomic E-state index is -0.479. The number of aliphatic hydroxyl groups excluding tert-OH is 1. The Kier molecular flexibility index (Phi) is 6.59. The highest BCUT2D eigenvalue weighted by atomic mass is 16.5. The van der Waals surface area contributed by atoms with E-state index in [0.29, 0.717) is 25.3 Å². The molecule has 1 aromatic heterocycles. The van der Waals surface area contributed by atoms with Crippen LogP contribution in [0.15, 0.2) is 18.3 Å². The van der Waals surface area contributed by atoms with Gasteiger partial charge in [-0.25, -0.2) is 4.98 Å². The molecule has 0 radical (unpaired) electrons. The van der Waals surface area contributed by atoms with Crippen molar-refractivity contribution in [2.75, 3.05) is 57.4 Å². The smallest absolute Gasteiger partial charge is 0.129 e. The van der Waals surface area contributed by atoms with Gasteiger partial charge in [0.1, 0.15) is 5.82 Å². The highest BCUT2D eigenvalue weighted by Gasteiger charge is 2.21. The largest absolute Gasteiger partial charge is 0.389 e. The van der Waals surface area contributed by atoms with E-state index in [4.69, 9.17) is 14.7 Å². The van der Waals surface area contributed by atoms with Gasteiger partial charge in [-0.05, 0) is 25.0 Å². The molecule has 7 nitrogen and oxygen atoms in total. The average molecular weight is 346 g/mol. The van der Waals surface area contributed by atoms with E-state index in [2.05, 4.69) is 20.9 Å². The number of hydrogen-bond acceptors (Lipinski definition) is 7. The van der Waals surface area contributed by atoms with Gasteiger partial charge < -0.3 is 19.5 Å². The molecule has 2 aliphatic rings. The molecule has 0 bridgehead atoms. The monoisotopic (exact) mass is 346 g/mol. The molecule has 2 fully saturated rings. The highest BCUT2D eigenvalue weighted by Crippen LogP contribution is 2.15. The molecule has 1 N–H and O–H groups in total. The molecule has 25 heavy (non-hydrogen) atoms. The first-order chi connectivity index (χ1) is 12.2. The summed E-state index contributed by atoms with van der Waals surface area (Å²) in [6.45, 7) is 5.77. The Labute approximate surface area is 148 Å². The van der Waals surface area contributed by atoms with Crippen LogP contribution in [0.2, 0.25) is 0 Å². The second kappa shape index (κ2) is 9.11. The van der Waals surface area contributed by atoms with Crippen LogP contribution >= 0.6 is 0 Å². The lowest BCUT2D eigenvalue weighted by Crippen LogP contribution is -2.49. The minimum Gasteiger partial charge on any atom is -0.389 e. The zero-order chi connectivity index (χ0) is 17.5. The Morgan fingerprint density at radius 2 is 2.24 bits per heavy atom. The number of ether oxygens (including phenoxy) is 2. The number of aromatic nitrogens is 1. The van der Waals surface area contributed by atoms with Crippen molar-refractivity contribution in [2.45, 2.75) is 25.0 Å². The fraction of sp³-hybridized carbons (Fsp3) is 0.667. The van der Waals surface area contributed by atoms with Crippen molar-refractivity contribution in [2.24, 2.45) is 0 Å². The van der Waals surface area contributed by atoms with Crippen LogP contribution in [0.1, 0.15) is 18.4 Å². The summed E-state index contributed by atoms with van der Waals surface area (Å²) >= 11 is 0. The molecule has 0 spiro atoms. The van der Waals surface area contributed by atoms with Crippen LogP contribution in [0.4, 0.5) is 5.82 Å². The topological polar surface area (TPSA) is 81.9 Å². The molecule has 0 unspecified atom stereocenters. The number of pyridine rings is 1. The van der Waals surface area contributed by atoms with Crippen molar-refractivity contribution in [3.8, 4) is 6.07 Å². The van der Waals surface area contributed by atoms with Gasteiger partial charge in [0.2, 0.25) is 0 Å². The molecule has 0 amide bonds. The fourth-order valence-electron chi connectivity index (χ4n) is 3.28. The van der Waals surface area contributed by atoms with Crippen LogP contribution in [0.25, 0.3) is 0 Å². The normalized spacial score (nSPS) is 22.7. The van der Waals surface area contributed by atoms with Crippen molar-refractivity contribution in [1.82, 2.24) is 9.88 Å². The average Bonchev–Trinajstić information content (AvgIpc) is 3.16. The Balaban J connectivity index is 1.36. The van der Waals surface area contributed by atoms with Crippen molar-refractivity contribution in [1.29, 1.82) is 5.26 Å². The van der Waals surface area contributed by atoms with Crippen LogP contribution in [0.5, 0.6) is 0 Å². The van der Waals surface area contributed by atoms with Crippen LogP contribution in [-0.4, -0.2) is 79.7 Å². The van der Waals surface area contributed by atoms with E-state index >= 15 is 0 Å². The number of hydrogen-bond donors (Lipinski definition) is 1. The Bertz CT molecular complexity index is 578. The first-order valence-electron chi connectivity index (χ1n) is 8.95. The van der Waals surface area contributed by atoms with E-state index in [9.17, 15) is 5.11 Å². The lowest BCUT2D eigenvalue weighted by atomic mass is 10.2.